The third kappa shape index (κ3) is 6.33. The van der Waals surface area contributed by atoms with Crippen LogP contribution in [0.2, 0.25) is 0 Å². The number of amides is 1. The molecule has 0 aliphatic rings. The summed E-state index contributed by atoms with van der Waals surface area (Å²) in [5, 5.41) is 2.80. The highest BCUT2D eigenvalue weighted by Crippen LogP contribution is 2.06. The number of nitrogens with one attached hydrogen (secondary N) is 1. The number of carbonyl (C=O) groups is 1. The highest BCUT2D eigenvalue weighted by atomic mass is 16.5. The van der Waals surface area contributed by atoms with Crippen LogP contribution in [0.5, 0.6) is 0 Å². The zero-order chi connectivity index (χ0) is 14.1. The molecule has 0 unspecified atom stereocenters. The van der Waals surface area contributed by atoms with Crippen LogP contribution in [-0.2, 0) is 22.6 Å². The fourth-order valence-electron chi connectivity index (χ4n) is 1.82. The lowest BCUT2D eigenvalue weighted by Crippen LogP contribution is -2.36. The SMILES string of the molecule is COCCNC(=O)CN(C)Cc1cccc(CN)c1. The minimum absolute atomic E-state index is 0.00882. The molecular formula is C14H23N3O2. The molecule has 1 amide bonds. The Bertz CT molecular complexity index is 396. The molecule has 1 aromatic rings. The van der Waals surface area contributed by atoms with Crippen LogP contribution < -0.4 is 11.1 Å². The molecule has 0 spiro atoms. The van der Waals surface area contributed by atoms with E-state index in [1.165, 1.54) is 0 Å². The van der Waals surface area contributed by atoms with Crippen molar-refractivity contribution in [3.05, 3.63) is 35.4 Å². The minimum atomic E-state index is 0.00882. The number of benzene rings is 1. The lowest BCUT2D eigenvalue weighted by atomic mass is 10.1. The number of hydrogen-bond acceptors (Lipinski definition) is 4. The zero-order valence-electron chi connectivity index (χ0n) is 11.7. The second-order valence-electron chi connectivity index (χ2n) is 4.54. The van der Waals surface area contributed by atoms with E-state index < -0.39 is 0 Å². The van der Waals surface area contributed by atoms with Crippen molar-refractivity contribution in [1.82, 2.24) is 10.2 Å². The van der Waals surface area contributed by atoms with Crippen molar-refractivity contribution in [2.45, 2.75) is 13.1 Å². The largest absolute Gasteiger partial charge is 0.383 e. The molecule has 0 atom stereocenters. The number of rotatable bonds is 8. The first-order valence-electron chi connectivity index (χ1n) is 6.37. The van der Waals surface area contributed by atoms with Crippen molar-refractivity contribution in [3.63, 3.8) is 0 Å². The van der Waals surface area contributed by atoms with Crippen LogP contribution in [-0.4, -0.2) is 44.7 Å². The van der Waals surface area contributed by atoms with Gasteiger partial charge in [-0.2, -0.15) is 0 Å². The maximum atomic E-state index is 11.6. The lowest BCUT2D eigenvalue weighted by Gasteiger charge is -2.16. The van der Waals surface area contributed by atoms with Crippen molar-refractivity contribution in [2.24, 2.45) is 5.73 Å². The molecule has 5 heteroatoms. The van der Waals surface area contributed by atoms with E-state index in [1.54, 1.807) is 7.11 Å². The number of methoxy groups -OCH3 is 1. The maximum absolute atomic E-state index is 11.6. The second-order valence-corrected chi connectivity index (χ2v) is 4.54. The second kappa shape index (κ2) is 8.63. The van der Waals surface area contributed by atoms with E-state index in [-0.39, 0.29) is 5.91 Å². The molecule has 0 saturated carbocycles. The van der Waals surface area contributed by atoms with Crippen molar-refractivity contribution in [3.8, 4) is 0 Å². The van der Waals surface area contributed by atoms with Crippen LogP contribution in [0.4, 0.5) is 0 Å². The van der Waals surface area contributed by atoms with E-state index in [1.807, 2.05) is 30.1 Å². The van der Waals surface area contributed by atoms with E-state index in [0.717, 1.165) is 17.7 Å². The molecule has 19 heavy (non-hydrogen) atoms. The lowest BCUT2D eigenvalue weighted by molar-refractivity contribution is -0.122. The molecule has 0 aliphatic carbocycles. The van der Waals surface area contributed by atoms with Gasteiger partial charge in [0, 0.05) is 26.7 Å². The highest BCUT2D eigenvalue weighted by Gasteiger charge is 2.06. The molecule has 0 saturated heterocycles. The number of hydrogen-bond donors (Lipinski definition) is 2. The minimum Gasteiger partial charge on any atom is -0.383 e. The first-order chi connectivity index (χ1) is 9.15. The van der Waals surface area contributed by atoms with E-state index in [2.05, 4.69) is 11.4 Å². The third-order valence-corrected chi connectivity index (χ3v) is 2.72. The average molecular weight is 265 g/mol. The number of carbonyl (C=O) groups excluding carboxylic acids is 1. The van der Waals surface area contributed by atoms with Gasteiger partial charge in [0.25, 0.3) is 0 Å². The van der Waals surface area contributed by atoms with E-state index >= 15 is 0 Å². The number of nitrogens with zero attached hydrogens (tertiary/aromatic N) is 1. The Hall–Kier alpha value is -1.43. The predicted octanol–water partition coefficient (Wildman–Crippen LogP) is 0.340. The highest BCUT2D eigenvalue weighted by molar-refractivity contribution is 5.77. The summed E-state index contributed by atoms with van der Waals surface area (Å²) < 4.78 is 4.88. The van der Waals surface area contributed by atoms with Gasteiger partial charge in [-0.25, -0.2) is 0 Å². The fraction of sp³-hybridized carbons (Fsp3) is 0.500. The standard InChI is InChI=1S/C14H23N3O2/c1-17(11-14(18)16-6-7-19-2)10-13-5-3-4-12(8-13)9-15/h3-5,8H,6-7,9-11,15H2,1-2H3,(H,16,18). The van der Waals surface area contributed by atoms with Crippen LogP contribution in [0.25, 0.3) is 0 Å². The summed E-state index contributed by atoms with van der Waals surface area (Å²) in [6.45, 7) is 2.72. The fourth-order valence-corrected chi connectivity index (χ4v) is 1.82. The molecule has 1 aromatic carbocycles. The summed E-state index contributed by atoms with van der Waals surface area (Å²) in [5.41, 5.74) is 7.88. The van der Waals surface area contributed by atoms with E-state index in [4.69, 9.17) is 10.5 Å². The number of likely N-dealkylation sites (N-methyl/N-ethyl adjacent to an activating group) is 1. The number of nitrogens with two attached hydrogens (primary N) is 1. The quantitative estimate of drug-likeness (QED) is 0.665. The molecule has 0 fully saturated rings. The number of ether oxygens (including phenoxy) is 1. The van der Waals surface area contributed by atoms with Gasteiger partial charge in [0.1, 0.15) is 0 Å². The Morgan fingerprint density at radius 2 is 2.16 bits per heavy atom. The van der Waals surface area contributed by atoms with Gasteiger partial charge in [-0.05, 0) is 18.2 Å². The topological polar surface area (TPSA) is 67.6 Å². The molecule has 1 rings (SSSR count). The van der Waals surface area contributed by atoms with Crippen molar-refractivity contribution in [1.29, 1.82) is 0 Å². The Morgan fingerprint density at radius 3 is 2.84 bits per heavy atom. The Labute approximate surface area is 114 Å². The summed E-state index contributed by atoms with van der Waals surface area (Å²) in [6.07, 6.45) is 0. The first kappa shape index (κ1) is 15.6. The van der Waals surface area contributed by atoms with E-state index in [9.17, 15) is 4.79 Å². The van der Waals surface area contributed by atoms with Crippen LogP contribution in [0.3, 0.4) is 0 Å². The van der Waals surface area contributed by atoms with Gasteiger partial charge in [0.2, 0.25) is 5.91 Å². The molecule has 0 aromatic heterocycles. The van der Waals surface area contributed by atoms with Crippen LogP contribution in [0, 0.1) is 0 Å². The monoisotopic (exact) mass is 265 g/mol. The summed E-state index contributed by atoms with van der Waals surface area (Å²) in [4.78, 5) is 13.6. The molecule has 0 aliphatic heterocycles. The predicted molar refractivity (Wildman–Crippen MR) is 75.6 cm³/mol. The molecule has 5 nitrogen and oxygen atoms in total. The average Bonchev–Trinajstić information content (AvgIpc) is 2.39. The van der Waals surface area contributed by atoms with Crippen LogP contribution in [0.15, 0.2) is 24.3 Å². The molecule has 0 heterocycles. The van der Waals surface area contributed by atoms with Crippen LogP contribution in [0.1, 0.15) is 11.1 Å². The molecule has 0 bridgehead atoms. The van der Waals surface area contributed by atoms with Gasteiger partial charge in [-0.1, -0.05) is 24.3 Å². The van der Waals surface area contributed by atoms with Crippen molar-refractivity contribution >= 4 is 5.91 Å². The van der Waals surface area contributed by atoms with Crippen molar-refractivity contribution < 1.29 is 9.53 Å². The molecule has 106 valence electrons. The van der Waals surface area contributed by atoms with Gasteiger partial charge >= 0.3 is 0 Å². The Balaban J connectivity index is 2.37. The van der Waals surface area contributed by atoms with Gasteiger partial charge in [0.05, 0.1) is 13.2 Å². The molecule has 3 N–H and O–H groups in total. The van der Waals surface area contributed by atoms with Gasteiger partial charge in [-0.3, -0.25) is 9.69 Å². The maximum Gasteiger partial charge on any atom is 0.234 e. The molecule has 0 radical (unpaired) electrons. The summed E-state index contributed by atoms with van der Waals surface area (Å²) in [6, 6.07) is 8.10. The Kier molecular flexibility index (Phi) is 7.10. The smallest absolute Gasteiger partial charge is 0.234 e. The van der Waals surface area contributed by atoms with Gasteiger partial charge < -0.3 is 15.8 Å². The summed E-state index contributed by atoms with van der Waals surface area (Å²) >= 11 is 0. The van der Waals surface area contributed by atoms with Gasteiger partial charge in [-0.15, -0.1) is 0 Å². The van der Waals surface area contributed by atoms with Crippen molar-refractivity contribution in [2.75, 3.05) is 33.9 Å². The Morgan fingerprint density at radius 1 is 1.42 bits per heavy atom. The summed E-state index contributed by atoms with van der Waals surface area (Å²) in [7, 11) is 3.54. The van der Waals surface area contributed by atoms with Gasteiger partial charge in [0.15, 0.2) is 0 Å². The normalized spacial score (nSPS) is 10.7. The summed E-state index contributed by atoms with van der Waals surface area (Å²) in [5.74, 6) is 0.00882. The van der Waals surface area contributed by atoms with Crippen LogP contribution >= 0.6 is 0 Å². The molecular weight excluding hydrogens is 242 g/mol. The first-order valence-corrected chi connectivity index (χ1v) is 6.37. The zero-order valence-corrected chi connectivity index (χ0v) is 11.7. The third-order valence-electron chi connectivity index (χ3n) is 2.72. The van der Waals surface area contributed by atoms with E-state index in [0.29, 0.717) is 26.2 Å².